The molecule has 1 aromatic heterocycles. The highest BCUT2D eigenvalue weighted by molar-refractivity contribution is 5.93. The fraction of sp³-hybridized carbons (Fsp3) is 0.118. The number of nitrogen functional groups attached to an aromatic ring is 1. The predicted octanol–water partition coefficient (Wildman–Crippen LogP) is 3.25. The van der Waals surface area contributed by atoms with Gasteiger partial charge in [0.2, 0.25) is 5.91 Å². The number of benzene rings is 2. The summed E-state index contributed by atoms with van der Waals surface area (Å²) in [6, 6.07) is 17.5. The first-order valence-electron chi connectivity index (χ1n) is 6.92. The molecule has 4 heteroatoms. The molecule has 3 rings (SSSR count). The Morgan fingerprint density at radius 2 is 1.81 bits per heavy atom. The zero-order valence-corrected chi connectivity index (χ0v) is 11.6. The first-order valence-corrected chi connectivity index (χ1v) is 6.92. The Hall–Kier alpha value is -2.75. The third kappa shape index (κ3) is 2.89. The lowest BCUT2D eigenvalue weighted by Crippen LogP contribution is -2.15. The van der Waals surface area contributed by atoms with Crippen LogP contribution in [0.3, 0.4) is 0 Å². The Morgan fingerprint density at radius 3 is 2.67 bits per heavy atom. The van der Waals surface area contributed by atoms with Crippen molar-refractivity contribution in [2.75, 3.05) is 11.1 Å². The van der Waals surface area contributed by atoms with Gasteiger partial charge in [-0.3, -0.25) is 4.79 Å². The molecule has 0 aliphatic rings. The third-order valence-electron chi connectivity index (χ3n) is 3.49. The maximum atomic E-state index is 12.0. The minimum Gasteiger partial charge on any atom is -0.397 e. The summed E-state index contributed by atoms with van der Waals surface area (Å²) in [5, 5.41) is 4.03. The van der Waals surface area contributed by atoms with E-state index in [1.54, 1.807) is 12.1 Å². The van der Waals surface area contributed by atoms with Crippen LogP contribution in [0, 0.1) is 0 Å². The van der Waals surface area contributed by atoms with E-state index in [-0.39, 0.29) is 5.91 Å². The molecule has 0 spiro atoms. The number of nitrogens with one attached hydrogen (secondary N) is 1. The van der Waals surface area contributed by atoms with E-state index in [9.17, 15) is 4.79 Å². The van der Waals surface area contributed by atoms with Crippen LogP contribution in [0.2, 0.25) is 0 Å². The van der Waals surface area contributed by atoms with Gasteiger partial charge >= 0.3 is 0 Å². The van der Waals surface area contributed by atoms with Crippen LogP contribution in [-0.4, -0.2) is 10.5 Å². The van der Waals surface area contributed by atoms with Crippen LogP contribution >= 0.6 is 0 Å². The molecule has 1 amide bonds. The summed E-state index contributed by atoms with van der Waals surface area (Å²) in [5.74, 6) is -0.0364. The number of nitrogens with two attached hydrogens (primary N) is 1. The van der Waals surface area contributed by atoms with Crippen molar-refractivity contribution in [3.8, 4) is 0 Å². The Kier molecular flexibility index (Phi) is 3.60. The number of rotatable bonds is 4. The van der Waals surface area contributed by atoms with Crippen LogP contribution in [-0.2, 0) is 11.3 Å². The van der Waals surface area contributed by atoms with E-state index in [1.807, 2.05) is 30.5 Å². The molecule has 1 heterocycles. The van der Waals surface area contributed by atoms with Crippen molar-refractivity contribution in [3.05, 3.63) is 60.8 Å². The molecule has 0 unspecified atom stereocenters. The van der Waals surface area contributed by atoms with Crippen molar-refractivity contribution in [3.63, 3.8) is 0 Å². The van der Waals surface area contributed by atoms with E-state index < -0.39 is 0 Å². The van der Waals surface area contributed by atoms with Crippen LogP contribution in [0.1, 0.15) is 6.42 Å². The number of amides is 1. The number of nitrogens with zero attached hydrogens (tertiary/aromatic N) is 1. The SMILES string of the molecule is Nc1ccccc1NC(=O)CCn1ccc2ccccc21. The highest BCUT2D eigenvalue weighted by Crippen LogP contribution is 2.18. The molecule has 0 saturated heterocycles. The summed E-state index contributed by atoms with van der Waals surface area (Å²) in [5.41, 5.74) is 8.20. The van der Waals surface area contributed by atoms with Crippen LogP contribution in [0.5, 0.6) is 0 Å². The van der Waals surface area contributed by atoms with Crippen molar-refractivity contribution in [2.45, 2.75) is 13.0 Å². The first kappa shape index (κ1) is 13.2. The molecular formula is C17H17N3O. The summed E-state index contributed by atoms with van der Waals surface area (Å²) in [6.07, 6.45) is 2.42. The molecule has 0 aliphatic heterocycles. The first-order chi connectivity index (χ1) is 10.2. The summed E-state index contributed by atoms with van der Waals surface area (Å²) in [4.78, 5) is 12.0. The number of hydrogen-bond acceptors (Lipinski definition) is 2. The molecule has 3 aromatic rings. The smallest absolute Gasteiger partial charge is 0.226 e. The molecule has 2 aromatic carbocycles. The molecule has 4 nitrogen and oxygen atoms in total. The van der Waals surface area contributed by atoms with Crippen LogP contribution in [0.25, 0.3) is 10.9 Å². The van der Waals surface area contributed by atoms with Gasteiger partial charge in [0, 0.05) is 24.7 Å². The number of hydrogen-bond donors (Lipinski definition) is 2. The number of carbonyl (C=O) groups excluding carboxylic acids is 1. The molecule has 0 atom stereocenters. The molecule has 0 saturated carbocycles. The van der Waals surface area contributed by atoms with Gasteiger partial charge in [0.1, 0.15) is 0 Å². The quantitative estimate of drug-likeness (QED) is 0.720. The van der Waals surface area contributed by atoms with E-state index in [2.05, 4.69) is 28.1 Å². The zero-order chi connectivity index (χ0) is 14.7. The standard InChI is InChI=1S/C17H17N3O/c18-14-6-2-3-7-15(14)19-17(21)10-12-20-11-9-13-5-1-4-8-16(13)20/h1-9,11H,10,12,18H2,(H,19,21). The van der Waals surface area contributed by atoms with Gasteiger partial charge in [-0.1, -0.05) is 30.3 Å². The Labute approximate surface area is 123 Å². The lowest BCUT2D eigenvalue weighted by atomic mass is 10.2. The summed E-state index contributed by atoms with van der Waals surface area (Å²) < 4.78 is 2.09. The van der Waals surface area contributed by atoms with Gasteiger partial charge in [-0.05, 0) is 29.7 Å². The Balaban J connectivity index is 1.65. The monoisotopic (exact) mass is 279 g/mol. The molecule has 0 fully saturated rings. The minimum atomic E-state index is -0.0364. The second kappa shape index (κ2) is 5.71. The van der Waals surface area contributed by atoms with Crippen LogP contribution in [0.4, 0.5) is 11.4 Å². The molecule has 0 bridgehead atoms. The topological polar surface area (TPSA) is 60.0 Å². The van der Waals surface area contributed by atoms with E-state index in [0.717, 1.165) is 5.52 Å². The predicted molar refractivity (Wildman–Crippen MR) is 86.0 cm³/mol. The fourth-order valence-corrected chi connectivity index (χ4v) is 2.38. The minimum absolute atomic E-state index is 0.0364. The van der Waals surface area contributed by atoms with Crippen molar-refractivity contribution in [1.82, 2.24) is 4.57 Å². The molecular weight excluding hydrogens is 262 g/mol. The second-order valence-electron chi connectivity index (χ2n) is 4.95. The van der Waals surface area contributed by atoms with E-state index >= 15 is 0 Å². The lowest BCUT2D eigenvalue weighted by molar-refractivity contribution is -0.116. The van der Waals surface area contributed by atoms with Gasteiger partial charge in [-0.2, -0.15) is 0 Å². The van der Waals surface area contributed by atoms with Crippen LogP contribution in [0.15, 0.2) is 60.8 Å². The Bertz CT molecular complexity index is 776. The maximum Gasteiger partial charge on any atom is 0.226 e. The summed E-state index contributed by atoms with van der Waals surface area (Å²) >= 11 is 0. The maximum absolute atomic E-state index is 12.0. The number of aryl methyl sites for hydroxylation is 1. The van der Waals surface area contributed by atoms with Gasteiger partial charge in [-0.15, -0.1) is 0 Å². The molecule has 0 aliphatic carbocycles. The number of fused-ring (bicyclic) bond motifs is 1. The average molecular weight is 279 g/mol. The second-order valence-corrected chi connectivity index (χ2v) is 4.95. The number of aromatic nitrogens is 1. The van der Waals surface area contributed by atoms with Gasteiger partial charge in [-0.25, -0.2) is 0 Å². The Morgan fingerprint density at radius 1 is 1.05 bits per heavy atom. The molecule has 106 valence electrons. The number of para-hydroxylation sites is 3. The largest absolute Gasteiger partial charge is 0.397 e. The highest BCUT2D eigenvalue weighted by atomic mass is 16.1. The van der Waals surface area contributed by atoms with Crippen molar-refractivity contribution >= 4 is 28.2 Å². The van der Waals surface area contributed by atoms with Crippen molar-refractivity contribution in [1.29, 1.82) is 0 Å². The van der Waals surface area contributed by atoms with Crippen molar-refractivity contribution < 1.29 is 4.79 Å². The summed E-state index contributed by atoms with van der Waals surface area (Å²) in [6.45, 7) is 0.645. The van der Waals surface area contributed by atoms with Crippen LogP contribution < -0.4 is 11.1 Å². The lowest BCUT2D eigenvalue weighted by Gasteiger charge is -2.09. The zero-order valence-electron chi connectivity index (χ0n) is 11.6. The van der Waals surface area contributed by atoms with E-state index in [1.165, 1.54) is 5.39 Å². The number of carbonyl (C=O) groups is 1. The van der Waals surface area contributed by atoms with E-state index in [0.29, 0.717) is 24.3 Å². The molecule has 3 N–H and O–H groups in total. The van der Waals surface area contributed by atoms with Gasteiger partial charge < -0.3 is 15.6 Å². The third-order valence-corrected chi connectivity index (χ3v) is 3.49. The van der Waals surface area contributed by atoms with Gasteiger partial charge in [0.05, 0.1) is 11.4 Å². The normalized spacial score (nSPS) is 10.7. The van der Waals surface area contributed by atoms with Gasteiger partial charge in [0.25, 0.3) is 0 Å². The van der Waals surface area contributed by atoms with E-state index in [4.69, 9.17) is 5.73 Å². The molecule has 0 radical (unpaired) electrons. The summed E-state index contributed by atoms with van der Waals surface area (Å²) in [7, 11) is 0. The number of anilines is 2. The molecule has 21 heavy (non-hydrogen) atoms. The average Bonchev–Trinajstić information content (AvgIpc) is 2.91. The van der Waals surface area contributed by atoms with Crippen molar-refractivity contribution in [2.24, 2.45) is 0 Å². The van der Waals surface area contributed by atoms with Gasteiger partial charge in [0.15, 0.2) is 0 Å². The highest BCUT2D eigenvalue weighted by Gasteiger charge is 2.06. The fourth-order valence-electron chi connectivity index (χ4n) is 2.38.